The summed E-state index contributed by atoms with van der Waals surface area (Å²) in [7, 11) is -3.37. The number of sulfone groups is 1. The van der Waals surface area contributed by atoms with Crippen LogP contribution in [0.4, 0.5) is 14.9 Å². The first-order chi connectivity index (χ1) is 12.0. The van der Waals surface area contributed by atoms with E-state index in [2.05, 4.69) is 5.32 Å². The van der Waals surface area contributed by atoms with E-state index in [0.29, 0.717) is 36.5 Å². The number of halogens is 1. The fourth-order valence-corrected chi connectivity index (χ4v) is 4.66. The van der Waals surface area contributed by atoms with Gasteiger partial charge < -0.3 is 10.2 Å². The molecule has 3 rings (SSSR count). The molecule has 0 bridgehead atoms. The zero-order valence-electron chi connectivity index (χ0n) is 13.6. The molecule has 2 aromatic rings. The Kier molecular flexibility index (Phi) is 5.03. The summed E-state index contributed by atoms with van der Waals surface area (Å²) in [6, 6.07) is 13.6. The summed E-state index contributed by atoms with van der Waals surface area (Å²) in [6.45, 7) is 0.730. The molecule has 2 aromatic carbocycles. The fourth-order valence-electron chi connectivity index (χ4n) is 2.91. The Morgan fingerprint density at radius 2 is 1.60 bits per heavy atom. The zero-order chi connectivity index (χ0) is 17.9. The average molecular weight is 362 g/mol. The van der Waals surface area contributed by atoms with Gasteiger partial charge in [-0.05, 0) is 49.2 Å². The Bertz CT molecular complexity index is 830. The summed E-state index contributed by atoms with van der Waals surface area (Å²) < 4.78 is 38.2. The lowest BCUT2D eigenvalue weighted by Crippen LogP contribution is -2.44. The number of carbonyl (C=O) groups is 1. The molecule has 1 fully saturated rings. The normalized spacial score (nSPS) is 15.8. The number of amides is 2. The number of hydrogen-bond acceptors (Lipinski definition) is 3. The highest BCUT2D eigenvalue weighted by Gasteiger charge is 2.32. The molecule has 0 aliphatic carbocycles. The summed E-state index contributed by atoms with van der Waals surface area (Å²) in [4.78, 5) is 14.2. The Hall–Kier alpha value is -2.41. The van der Waals surface area contributed by atoms with E-state index in [1.807, 2.05) is 0 Å². The number of urea groups is 1. The molecule has 0 radical (unpaired) electrons. The lowest BCUT2D eigenvalue weighted by molar-refractivity contribution is 0.200. The lowest BCUT2D eigenvalue weighted by Gasteiger charge is -2.31. The van der Waals surface area contributed by atoms with Gasteiger partial charge in [0.05, 0.1) is 10.1 Å². The number of benzene rings is 2. The Labute approximate surface area is 146 Å². The van der Waals surface area contributed by atoms with Crippen LogP contribution < -0.4 is 5.32 Å². The van der Waals surface area contributed by atoms with Gasteiger partial charge in [0.15, 0.2) is 9.84 Å². The standard InChI is InChI=1S/C18H19FN2O3S/c19-14-6-8-15(9-7-14)20-18(22)21-12-10-17(11-13-21)25(23,24)16-4-2-1-3-5-16/h1-9,17H,10-13H2,(H,20,22). The van der Waals surface area contributed by atoms with Crippen molar-refractivity contribution in [2.45, 2.75) is 23.0 Å². The number of anilines is 1. The summed E-state index contributed by atoms with van der Waals surface area (Å²) in [5.41, 5.74) is 0.505. The molecule has 1 N–H and O–H groups in total. The first kappa shape index (κ1) is 17.4. The van der Waals surface area contributed by atoms with Crippen molar-refractivity contribution in [1.29, 1.82) is 0 Å². The zero-order valence-corrected chi connectivity index (χ0v) is 14.4. The number of nitrogens with one attached hydrogen (secondary N) is 1. The van der Waals surface area contributed by atoms with Crippen molar-refractivity contribution in [2.75, 3.05) is 18.4 Å². The van der Waals surface area contributed by atoms with Gasteiger partial charge in [-0.2, -0.15) is 0 Å². The molecular weight excluding hydrogens is 343 g/mol. The van der Waals surface area contributed by atoms with E-state index in [-0.39, 0.29) is 11.8 Å². The number of nitrogens with zero attached hydrogens (tertiary/aromatic N) is 1. The van der Waals surface area contributed by atoms with Crippen LogP contribution in [0.3, 0.4) is 0 Å². The van der Waals surface area contributed by atoms with Gasteiger partial charge in [-0.25, -0.2) is 17.6 Å². The molecule has 132 valence electrons. The van der Waals surface area contributed by atoms with Crippen LogP contribution >= 0.6 is 0 Å². The molecule has 7 heteroatoms. The molecule has 1 aliphatic rings. The van der Waals surface area contributed by atoms with Crippen molar-refractivity contribution in [3.63, 3.8) is 0 Å². The van der Waals surface area contributed by atoms with Crippen LogP contribution in [0, 0.1) is 5.82 Å². The first-order valence-electron chi connectivity index (χ1n) is 8.07. The molecule has 2 amide bonds. The lowest BCUT2D eigenvalue weighted by atomic mass is 10.1. The summed E-state index contributed by atoms with van der Waals surface area (Å²) in [5, 5.41) is 2.21. The minimum Gasteiger partial charge on any atom is -0.324 e. The van der Waals surface area contributed by atoms with Crippen LogP contribution in [0.2, 0.25) is 0 Å². The van der Waals surface area contributed by atoms with Gasteiger partial charge in [-0.3, -0.25) is 0 Å². The van der Waals surface area contributed by atoms with Crippen LogP contribution in [-0.2, 0) is 9.84 Å². The topological polar surface area (TPSA) is 66.5 Å². The van der Waals surface area contributed by atoms with Gasteiger partial charge in [0, 0.05) is 18.8 Å². The monoisotopic (exact) mass is 362 g/mol. The summed E-state index contributed by atoms with van der Waals surface area (Å²) >= 11 is 0. The largest absolute Gasteiger partial charge is 0.324 e. The molecule has 0 unspecified atom stereocenters. The van der Waals surface area contributed by atoms with Gasteiger partial charge in [-0.1, -0.05) is 18.2 Å². The third-order valence-corrected chi connectivity index (χ3v) is 6.61. The minimum atomic E-state index is -3.37. The van der Waals surface area contributed by atoms with Gasteiger partial charge in [0.25, 0.3) is 0 Å². The number of rotatable bonds is 3. The van der Waals surface area contributed by atoms with E-state index >= 15 is 0 Å². The minimum absolute atomic E-state index is 0.304. The molecule has 1 heterocycles. The third-order valence-electron chi connectivity index (χ3n) is 4.34. The maximum absolute atomic E-state index is 12.9. The fraction of sp³-hybridized carbons (Fsp3) is 0.278. The Balaban J connectivity index is 1.60. The van der Waals surface area contributed by atoms with Gasteiger partial charge in [0.1, 0.15) is 5.82 Å². The van der Waals surface area contributed by atoms with E-state index < -0.39 is 15.1 Å². The van der Waals surface area contributed by atoms with Crippen molar-refractivity contribution < 1.29 is 17.6 Å². The molecule has 0 atom stereocenters. The van der Waals surface area contributed by atoms with E-state index in [1.54, 1.807) is 35.2 Å². The summed E-state index contributed by atoms with van der Waals surface area (Å²) in [6.07, 6.45) is 0.794. The Morgan fingerprint density at radius 3 is 2.20 bits per heavy atom. The van der Waals surface area contributed by atoms with E-state index in [1.165, 1.54) is 24.3 Å². The SMILES string of the molecule is O=C(Nc1ccc(F)cc1)N1CCC(S(=O)(=O)c2ccccc2)CC1. The number of hydrogen-bond donors (Lipinski definition) is 1. The molecule has 0 aromatic heterocycles. The molecule has 25 heavy (non-hydrogen) atoms. The molecule has 1 aliphatic heterocycles. The van der Waals surface area contributed by atoms with E-state index in [0.717, 1.165) is 0 Å². The van der Waals surface area contributed by atoms with Gasteiger partial charge in [0.2, 0.25) is 0 Å². The third kappa shape index (κ3) is 3.99. The highest BCUT2D eigenvalue weighted by atomic mass is 32.2. The van der Waals surface area contributed by atoms with Crippen molar-refractivity contribution in [3.05, 3.63) is 60.4 Å². The van der Waals surface area contributed by atoms with E-state index in [9.17, 15) is 17.6 Å². The van der Waals surface area contributed by atoms with Crippen LogP contribution in [-0.4, -0.2) is 37.7 Å². The van der Waals surface area contributed by atoms with Crippen molar-refractivity contribution in [1.82, 2.24) is 4.90 Å². The second kappa shape index (κ2) is 7.23. The quantitative estimate of drug-likeness (QED) is 0.911. The predicted molar refractivity (Wildman–Crippen MR) is 93.6 cm³/mol. The predicted octanol–water partition coefficient (Wildman–Crippen LogP) is 3.30. The average Bonchev–Trinajstić information content (AvgIpc) is 2.64. The maximum Gasteiger partial charge on any atom is 0.321 e. The second-order valence-corrected chi connectivity index (χ2v) is 8.21. The van der Waals surface area contributed by atoms with Crippen LogP contribution in [0.5, 0.6) is 0 Å². The number of piperidine rings is 1. The highest BCUT2D eigenvalue weighted by Crippen LogP contribution is 2.24. The highest BCUT2D eigenvalue weighted by molar-refractivity contribution is 7.92. The smallest absolute Gasteiger partial charge is 0.321 e. The Morgan fingerprint density at radius 1 is 1.00 bits per heavy atom. The maximum atomic E-state index is 12.9. The van der Waals surface area contributed by atoms with Gasteiger partial charge >= 0.3 is 6.03 Å². The van der Waals surface area contributed by atoms with E-state index in [4.69, 9.17) is 0 Å². The van der Waals surface area contributed by atoms with Crippen molar-refractivity contribution in [3.8, 4) is 0 Å². The molecule has 0 spiro atoms. The second-order valence-electron chi connectivity index (χ2n) is 5.98. The molecule has 1 saturated heterocycles. The molecule has 0 saturated carbocycles. The first-order valence-corrected chi connectivity index (χ1v) is 9.62. The number of carbonyl (C=O) groups excluding carboxylic acids is 1. The van der Waals surface area contributed by atoms with Crippen LogP contribution in [0.25, 0.3) is 0 Å². The summed E-state index contributed by atoms with van der Waals surface area (Å²) in [5.74, 6) is -0.370. The van der Waals surface area contributed by atoms with Crippen LogP contribution in [0.15, 0.2) is 59.5 Å². The van der Waals surface area contributed by atoms with Crippen molar-refractivity contribution in [2.24, 2.45) is 0 Å². The van der Waals surface area contributed by atoms with Crippen LogP contribution in [0.1, 0.15) is 12.8 Å². The molecular formula is C18H19FN2O3S. The molecule has 5 nitrogen and oxygen atoms in total. The number of likely N-dealkylation sites (tertiary alicyclic amines) is 1. The van der Waals surface area contributed by atoms with Gasteiger partial charge in [-0.15, -0.1) is 0 Å². The van der Waals surface area contributed by atoms with Crippen molar-refractivity contribution >= 4 is 21.6 Å².